The van der Waals surface area contributed by atoms with Gasteiger partial charge in [0.05, 0.1) is 27.7 Å². The van der Waals surface area contributed by atoms with Gasteiger partial charge in [-0.2, -0.15) is 0 Å². The summed E-state index contributed by atoms with van der Waals surface area (Å²) >= 11 is 0. The SMILES string of the molecule is CC/C=C\C/C=C\C/C=C\C/C=C\CCCCCCC(=O)OC(COC(=O)CCCCCCCC)COP(=O)(O)OCC[N+](C)(C)C. The van der Waals surface area contributed by atoms with Gasteiger partial charge in [0, 0.05) is 12.8 Å². The number of carbonyl (C=O) groups excluding carboxylic acids is 2. The molecule has 9 nitrogen and oxygen atoms in total. The van der Waals surface area contributed by atoms with Gasteiger partial charge in [0.25, 0.3) is 0 Å². The minimum absolute atomic E-state index is 0.0251. The van der Waals surface area contributed by atoms with Crippen molar-refractivity contribution in [2.45, 2.75) is 129 Å². The first-order valence-electron chi connectivity index (χ1n) is 17.9. The molecule has 0 aromatic rings. The van der Waals surface area contributed by atoms with Crippen molar-refractivity contribution in [2.24, 2.45) is 0 Å². The molecule has 0 saturated carbocycles. The highest BCUT2D eigenvalue weighted by Crippen LogP contribution is 2.43. The van der Waals surface area contributed by atoms with Gasteiger partial charge in [-0.05, 0) is 51.4 Å². The summed E-state index contributed by atoms with van der Waals surface area (Å²) in [5.74, 6) is -0.843. The number of phosphoric acid groups is 1. The lowest BCUT2D eigenvalue weighted by molar-refractivity contribution is -0.870. The van der Waals surface area contributed by atoms with Crippen molar-refractivity contribution in [3.05, 3.63) is 48.6 Å². The third-order valence-electron chi connectivity index (χ3n) is 7.12. The Kier molecular flexibility index (Phi) is 28.8. The molecule has 0 heterocycles. The van der Waals surface area contributed by atoms with Crippen molar-refractivity contribution in [3.8, 4) is 0 Å². The highest BCUT2D eigenvalue weighted by Gasteiger charge is 2.27. The first-order chi connectivity index (χ1) is 22.5. The zero-order valence-electron chi connectivity index (χ0n) is 30.2. The molecule has 0 rings (SSSR count). The molecule has 0 saturated heterocycles. The Bertz CT molecular complexity index is 954. The Morgan fingerprint density at radius 3 is 1.81 bits per heavy atom. The summed E-state index contributed by atoms with van der Waals surface area (Å²) in [6, 6.07) is 0. The van der Waals surface area contributed by atoms with Crippen LogP contribution in [0.25, 0.3) is 0 Å². The molecule has 47 heavy (non-hydrogen) atoms. The third kappa shape index (κ3) is 33.7. The molecule has 0 aromatic carbocycles. The highest BCUT2D eigenvalue weighted by atomic mass is 31.2. The number of rotatable bonds is 31. The highest BCUT2D eigenvalue weighted by molar-refractivity contribution is 7.47. The maximum Gasteiger partial charge on any atom is 0.472 e. The summed E-state index contributed by atoms with van der Waals surface area (Å²) in [5, 5.41) is 0. The molecule has 2 atom stereocenters. The van der Waals surface area contributed by atoms with Crippen molar-refractivity contribution in [1.29, 1.82) is 0 Å². The largest absolute Gasteiger partial charge is 0.472 e. The standard InChI is InChI=1S/C37H66NO8P/c1-6-8-10-12-14-15-16-17-18-19-20-21-22-23-24-26-28-30-37(40)46-35(33-43-36(39)29-27-25-13-11-9-7-2)34-45-47(41,42)44-32-31-38(3,4)5/h8,10,14-15,17-18,20-21,35H,6-7,9,11-13,16,19,22-34H2,1-5H3/p+1/b10-8-,15-14-,18-17-,21-20-. The van der Waals surface area contributed by atoms with E-state index in [0.29, 0.717) is 17.4 Å². The second kappa shape index (κ2) is 30.1. The molecule has 0 aromatic heterocycles. The summed E-state index contributed by atoms with van der Waals surface area (Å²) in [6.07, 6.45) is 31.9. The van der Waals surface area contributed by atoms with Gasteiger partial charge in [-0.1, -0.05) is 107 Å². The molecular formula is C37H67NO8P+. The van der Waals surface area contributed by atoms with Crippen LogP contribution in [0.2, 0.25) is 0 Å². The average Bonchev–Trinajstić information content (AvgIpc) is 3.01. The number of phosphoric ester groups is 1. The molecule has 0 aliphatic rings. The lowest BCUT2D eigenvalue weighted by Crippen LogP contribution is -2.37. The van der Waals surface area contributed by atoms with E-state index in [2.05, 4.69) is 62.5 Å². The molecular weight excluding hydrogens is 617 g/mol. The maximum atomic E-state index is 12.6. The van der Waals surface area contributed by atoms with E-state index in [1.807, 2.05) is 21.1 Å². The smallest absolute Gasteiger partial charge is 0.462 e. The van der Waals surface area contributed by atoms with Crippen molar-refractivity contribution >= 4 is 19.8 Å². The second-order valence-corrected chi connectivity index (χ2v) is 14.3. The topological polar surface area (TPSA) is 108 Å². The molecule has 0 radical (unpaired) electrons. The molecule has 0 fully saturated rings. The number of esters is 2. The molecule has 0 spiro atoms. The maximum absolute atomic E-state index is 12.6. The van der Waals surface area contributed by atoms with Crippen LogP contribution < -0.4 is 0 Å². The number of carbonyl (C=O) groups is 2. The first kappa shape index (κ1) is 45.0. The Hall–Kier alpha value is -2.03. The Balaban J connectivity index is 4.45. The van der Waals surface area contributed by atoms with Gasteiger partial charge in [0.2, 0.25) is 0 Å². The van der Waals surface area contributed by atoms with E-state index in [4.69, 9.17) is 18.5 Å². The second-order valence-electron chi connectivity index (χ2n) is 12.9. The number of likely N-dealkylation sites (N-methyl/N-ethyl adjacent to an activating group) is 1. The number of unbranched alkanes of at least 4 members (excludes halogenated alkanes) is 9. The van der Waals surface area contributed by atoms with Gasteiger partial charge in [0.15, 0.2) is 6.10 Å². The normalized spacial score (nSPS) is 14.4. The van der Waals surface area contributed by atoms with Crippen LogP contribution in [0.5, 0.6) is 0 Å². The van der Waals surface area contributed by atoms with Gasteiger partial charge in [-0.15, -0.1) is 0 Å². The predicted molar refractivity (Wildman–Crippen MR) is 192 cm³/mol. The van der Waals surface area contributed by atoms with Gasteiger partial charge in [-0.3, -0.25) is 18.6 Å². The Labute approximate surface area is 286 Å². The first-order valence-corrected chi connectivity index (χ1v) is 19.4. The summed E-state index contributed by atoms with van der Waals surface area (Å²) < 4.78 is 33.9. The van der Waals surface area contributed by atoms with Crippen LogP contribution >= 0.6 is 7.82 Å². The quantitative estimate of drug-likeness (QED) is 0.0253. The van der Waals surface area contributed by atoms with Crippen LogP contribution in [0, 0.1) is 0 Å². The fourth-order valence-corrected chi connectivity index (χ4v) is 5.04. The van der Waals surface area contributed by atoms with Crippen molar-refractivity contribution in [2.75, 3.05) is 47.5 Å². The summed E-state index contributed by atoms with van der Waals surface area (Å²) in [6.45, 7) is 4.17. The van der Waals surface area contributed by atoms with E-state index in [1.165, 1.54) is 12.8 Å². The number of ether oxygens (including phenoxy) is 2. The molecule has 0 aliphatic carbocycles. The summed E-state index contributed by atoms with van der Waals surface area (Å²) in [5.41, 5.74) is 0. The van der Waals surface area contributed by atoms with Gasteiger partial charge in [-0.25, -0.2) is 4.57 Å². The van der Waals surface area contributed by atoms with E-state index in [0.717, 1.165) is 77.0 Å². The minimum atomic E-state index is -4.37. The van der Waals surface area contributed by atoms with Crippen molar-refractivity contribution in [3.63, 3.8) is 0 Å². The average molecular weight is 685 g/mol. The van der Waals surface area contributed by atoms with Crippen LogP contribution in [0.3, 0.4) is 0 Å². The summed E-state index contributed by atoms with van der Waals surface area (Å²) in [4.78, 5) is 34.9. The molecule has 0 amide bonds. The number of nitrogens with zero attached hydrogens (tertiary/aromatic N) is 1. The van der Waals surface area contributed by atoms with Gasteiger partial charge >= 0.3 is 19.8 Å². The fraction of sp³-hybridized carbons (Fsp3) is 0.730. The Morgan fingerprint density at radius 1 is 0.681 bits per heavy atom. The van der Waals surface area contributed by atoms with Crippen LogP contribution in [0.1, 0.15) is 123 Å². The number of allylic oxidation sites excluding steroid dienone is 8. The van der Waals surface area contributed by atoms with Crippen molar-refractivity contribution < 1.29 is 42.1 Å². The minimum Gasteiger partial charge on any atom is -0.462 e. The predicted octanol–water partition coefficient (Wildman–Crippen LogP) is 9.18. The molecule has 1 N–H and O–H groups in total. The zero-order chi connectivity index (χ0) is 35.1. The number of hydrogen-bond donors (Lipinski definition) is 1. The monoisotopic (exact) mass is 684 g/mol. The molecule has 2 unspecified atom stereocenters. The molecule has 0 aliphatic heterocycles. The zero-order valence-corrected chi connectivity index (χ0v) is 31.1. The lowest BCUT2D eigenvalue weighted by Gasteiger charge is -2.24. The molecule has 272 valence electrons. The van der Waals surface area contributed by atoms with Crippen LogP contribution in [0.4, 0.5) is 0 Å². The van der Waals surface area contributed by atoms with Gasteiger partial charge in [0.1, 0.15) is 19.8 Å². The number of quaternary nitrogens is 1. The summed E-state index contributed by atoms with van der Waals surface area (Å²) in [7, 11) is 1.45. The molecule has 0 bridgehead atoms. The van der Waals surface area contributed by atoms with Crippen LogP contribution in [-0.4, -0.2) is 74.9 Å². The third-order valence-corrected chi connectivity index (χ3v) is 8.11. The lowest BCUT2D eigenvalue weighted by atomic mass is 10.1. The Morgan fingerprint density at radius 2 is 1.21 bits per heavy atom. The van der Waals surface area contributed by atoms with Crippen molar-refractivity contribution in [1.82, 2.24) is 0 Å². The molecule has 10 heteroatoms. The van der Waals surface area contributed by atoms with Crippen LogP contribution in [0.15, 0.2) is 48.6 Å². The van der Waals surface area contributed by atoms with E-state index >= 15 is 0 Å². The van der Waals surface area contributed by atoms with E-state index in [9.17, 15) is 19.0 Å². The van der Waals surface area contributed by atoms with Crippen LogP contribution in [-0.2, 0) is 32.7 Å². The fourth-order valence-electron chi connectivity index (χ4n) is 4.30. The van der Waals surface area contributed by atoms with E-state index in [-0.39, 0.29) is 32.0 Å². The van der Waals surface area contributed by atoms with Gasteiger partial charge < -0.3 is 18.9 Å². The van der Waals surface area contributed by atoms with E-state index in [1.54, 1.807) is 0 Å². The number of hydrogen-bond acceptors (Lipinski definition) is 7. The van der Waals surface area contributed by atoms with E-state index < -0.39 is 26.5 Å².